The predicted molar refractivity (Wildman–Crippen MR) is 44.5 cm³/mol. The molecule has 0 aromatic heterocycles. The number of fused-ring (bicyclic) bond motifs is 2. The standard InChI is InChI=1S/C9H12NO3/c1-5(2)8(11)10-4-6-3-7(10)9(12)13-6/h5-7H,1,3-4H2,2H3. The summed E-state index contributed by atoms with van der Waals surface area (Å²) < 4.78 is 4.97. The molecule has 3 unspecified atom stereocenters. The second-order valence-electron chi connectivity index (χ2n) is 3.70. The van der Waals surface area contributed by atoms with Gasteiger partial charge < -0.3 is 9.64 Å². The second kappa shape index (κ2) is 2.72. The van der Waals surface area contributed by atoms with Crippen LogP contribution in [0, 0.1) is 12.8 Å². The Kier molecular flexibility index (Phi) is 1.78. The topological polar surface area (TPSA) is 46.6 Å². The van der Waals surface area contributed by atoms with Crippen LogP contribution in [0.4, 0.5) is 0 Å². The van der Waals surface area contributed by atoms with Crippen molar-refractivity contribution < 1.29 is 14.3 Å². The molecule has 2 saturated heterocycles. The van der Waals surface area contributed by atoms with E-state index in [1.165, 1.54) is 0 Å². The highest BCUT2D eigenvalue weighted by Crippen LogP contribution is 2.29. The molecule has 2 aliphatic heterocycles. The fourth-order valence-corrected chi connectivity index (χ4v) is 1.88. The summed E-state index contributed by atoms with van der Waals surface area (Å²) in [6, 6.07) is -0.332. The Morgan fingerprint density at radius 1 is 1.77 bits per heavy atom. The third kappa shape index (κ3) is 1.20. The Morgan fingerprint density at radius 3 is 2.92 bits per heavy atom. The largest absolute Gasteiger partial charge is 0.459 e. The van der Waals surface area contributed by atoms with Crippen molar-refractivity contribution in [3.63, 3.8) is 0 Å². The lowest BCUT2D eigenvalue weighted by Gasteiger charge is -2.27. The molecule has 4 heteroatoms. The van der Waals surface area contributed by atoms with Gasteiger partial charge in [0.2, 0.25) is 5.91 Å². The molecular weight excluding hydrogens is 170 g/mol. The summed E-state index contributed by atoms with van der Waals surface area (Å²) in [6.45, 7) is 5.93. The van der Waals surface area contributed by atoms with Crippen molar-refractivity contribution in [1.29, 1.82) is 0 Å². The van der Waals surface area contributed by atoms with Gasteiger partial charge in [0.25, 0.3) is 0 Å². The Labute approximate surface area is 76.8 Å². The van der Waals surface area contributed by atoms with E-state index < -0.39 is 0 Å². The molecule has 0 aliphatic carbocycles. The van der Waals surface area contributed by atoms with Crippen molar-refractivity contribution in [1.82, 2.24) is 4.90 Å². The fourth-order valence-electron chi connectivity index (χ4n) is 1.88. The monoisotopic (exact) mass is 182 g/mol. The molecular formula is C9H12NO3. The van der Waals surface area contributed by atoms with E-state index in [0.717, 1.165) is 0 Å². The van der Waals surface area contributed by atoms with Gasteiger partial charge >= 0.3 is 5.97 Å². The number of hydrogen-bond donors (Lipinski definition) is 0. The number of nitrogens with zero attached hydrogens (tertiary/aromatic N) is 1. The summed E-state index contributed by atoms with van der Waals surface area (Å²) in [5.74, 6) is -0.596. The SMILES string of the molecule is [CH2]C(C)C(=O)N1CC2CC1C(=O)O2. The minimum Gasteiger partial charge on any atom is -0.459 e. The number of morpholine rings is 1. The molecule has 0 saturated carbocycles. The minimum absolute atomic E-state index is 0.0517. The van der Waals surface area contributed by atoms with Crippen LogP contribution >= 0.6 is 0 Å². The molecule has 4 nitrogen and oxygen atoms in total. The van der Waals surface area contributed by atoms with E-state index in [0.29, 0.717) is 13.0 Å². The molecule has 13 heavy (non-hydrogen) atoms. The number of hydrogen-bond acceptors (Lipinski definition) is 3. The van der Waals surface area contributed by atoms with E-state index in [9.17, 15) is 9.59 Å². The lowest BCUT2D eigenvalue weighted by molar-refractivity contribution is -0.157. The Bertz CT molecular complexity index is 262. The molecule has 2 bridgehead atoms. The number of carbonyl (C=O) groups is 2. The summed E-state index contributed by atoms with van der Waals surface area (Å²) in [4.78, 5) is 24.3. The van der Waals surface area contributed by atoms with Gasteiger partial charge in [-0.25, -0.2) is 4.79 Å². The molecule has 2 aliphatic rings. The number of esters is 1. The summed E-state index contributed by atoms with van der Waals surface area (Å²) in [5, 5.41) is 0. The van der Waals surface area contributed by atoms with Gasteiger partial charge in [-0.15, -0.1) is 0 Å². The molecule has 0 N–H and O–H groups in total. The number of ether oxygens (including phenoxy) is 1. The normalized spacial score (nSPS) is 31.3. The maximum Gasteiger partial charge on any atom is 0.329 e. The van der Waals surface area contributed by atoms with E-state index in [1.54, 1.807) is 11.8 Å². The van der Waals surface area contributed by atoms with Gasteiger partial charge in [-0.3, -0.25) is 4.79 Å². The maximum absolute atomic E-state index is 11.5. The summed E-state index contributed by atoms with van der Waals surface area (Å²) >= 11 is 0. The molecule has 0 aromatic rings. The van der Waals surface area contributed by atoms with Crippen molar-refractivity contribution in [2.75, 3.05) is 6.54 Å². The Hall–Kier alpha value is -1.06. The van der Waals surface area contributed by atoms with E-state index in [2.05, 4.69) is 6.92 Å². The van der Waals surface area contributed by atoms with Gasteiger partial charge in [-0.05, 0) is 6.92 Å². The average Bonchev–Trinajstić information content (AvgIpc) is 2.60. The van der Waals surface area contributed by atoms with Gasteiger partial charge in [0.05, 0.1) is 6.54 Å². The first-order valence-corrected chi connectivity index (χ1v) is 4.43. The zero-order valence-electron chi connectivity index (χ0n) is 7.53. The Morgan fingerprint density at radius 2 is 2.46 bits per heavy atom. The van der Waals surface area contributed by atoms with Crippen molar-refractivity contribution in [2.24, 2.45) is 5.92 Å². The van der Waals surface area contributed by atoms with Crippen LogP contribution in [0.5, 0.6) is 0 Å². The summed E-state index contributed by atoms with van der Waals surface area (Å²) in [6.07, 6.45) is 0.595. The van der Waals surface area contributed by atoms with E-state index in [4.69, 9.17) is 4.74 Å². The van der Waals surface area contributed by atoms with Gasteiger partial charge in [0, 0.05) is 12.3 Å². The molecule has 1 amide bonds. The van der Waals surface area contributed by atoms with Gasteiger partial charge in [0.15, 0.2) is 0 Å². The van der Waals surface area contributed by atoms with Crippen LogP contribution in [0.2, 0.25) is 0 Å². The van der Waals surface area contributed by atoms with Crippen LogP contribution < -0.4 is 0 Å². The molecule has 2 heterocycles. The summed E-state index contributed by atoms with van der Waals surface area (Å²) in [7, 11) is 0. The average molecular weight is 182 g/mol. The van der Waals surface area contributed by atoms with Crippen molar-refractivity contribution in [3.8, 4) is 0 Å². The molecule has 1 radical (unpaired) electrons. The summed E-state index contributed by atoms with van der Waals surface area (Å²) in [5.41, 5.74) is 0. The zero-order valence-corrected chi connectivity index (χ0v) is 7.53. The molecule has 0 aromatic carbocycles. The molecule has 2 rings (SSSR count). The lowest BCUT2D eigenvalue weighted by Crippen LogP contribution is -2.45. The first-order valence-electron chi connectivity index (χ1n) is 4.43. The van der Waals surface area contributed by atoms with Crippen LogP contribution in [-0.2, 0) is 14.3 Å². The van der Waals surface area contributed by atoms with Crippen molar-refractivity contribution in [2.45, 2.75) is 25.5 Å². The minimum atomic E-state index is -0.332. The third-order valence-electron chi connectivity index (χ3n) is 2.52. The van der Waals surface area contributed by atoms with Crippen LogP contribution in [0.15, 0.2) is 0 Å². The quantitative estimate of drug-likeness (QED) is 0.535. The molecule has 3 atom stereocenters. The maximum atomic E-state index is 11.5. The number of likely N-dealkylation sites (tertiary alicyclic amines) is 1. The van der Waals surface area contributed by atoms with Crippen LogP contribution in [0.3, 0.4) is 0 Å². The van der Waals surface area contributed by atoms with Crippen LogP contribution in [-0.4, -0.2) is 35.5 Å². The van der Waals surface area contributed by atoms with Crippen molar-refractivity contribution in [3.05, 3.63) is 6.92 Å². The van der Waals surface area contributed by atoms with Gasteiger partial charge in [-0.1, -0.05) is 6.92 Å². The first kappa shape index (κ1) is 8.53. The van der Waals surface area contributed by atoms with Crippen LogP contribution in [0.1, 0.15) is 13.3 Å². The van der Waals surface area contributed by atoms with Crippen LogP contribution in [0.25, 0.3) is 0 Å². The highest BCUT2D eigenvalue weighted by molar-refractivity contribution is 5.88. The second-order valence-corrected chi connectivity index (χ2v) is 3.70. The van der Waals surface area contributed by atoms with E-state index in [-0.39, 0.29) is 29.9 Å². The Balaban J connectivity index is 2.11. The zero-order chi connectivity index (χ0) is 9.59. The van der Waals surface area contributed by atoms with Crippen molar-refractivity contribution >= 4 is 11.9 Å². The lowest BCUT2D eigenvalue weighted by atomic mass is 10.1. The molecule has 0 spiro atoms. The number of rotatable bonds is 1. The number of amides is 1. The smallest absolute Gasteiger partial charge is 0.329 e. The predicted octanol–water partition coefficient (Wildman–Crippen LogP) is -0.0171. The first-order chi connectivity index (χ1) is 6.09. The van der Waals surface area contributed by atoms with E-state index >= 15 is 0 Å². The molecule has 2 fully saturated rings. The van der Waals surface area contributed by atoms with Gasteiger partial charge in [-0.2, -0.15) is 0 Å². The highest BCUT2D eigenvalue weighted by Gasteiger charge is 2.48. The van der Waals surface area contributed by atoms with E-state index in [1.807, 2.05) is 0 Å². The molecule has 71 valence electrons. The fraction of sp³-hybridized carbons (Fsp3) is 0.667. The van der Waals surface area contributed by atoms with Gasteiger partial charge in [0.1, 0.15) is 12.1 Å². The third-order valence-corrected chi connectivity index (χ3v) is 2.52. The number of carbonyl (C=O) groups excluding carboxylic acids is 2. The highest BCUT2D eigenvalue weighted by atomic mass is 16.6.